The molecule has 2 aliphatic rings. The second kappa shape index (κ2) is 12.3. The Bertz CT molecular complexity index is 1670. The number of nitrogens with zero attached hydrogens (tertiary/aromatic N) is 5. The Balaban J connectivity index is 1.16. The van der Waals surface area contributed by atoms with Gasteiger partial charge in [0.1, 0.15) is 15.9 Å². The molecule has 232 valence electrons. The zero-order valence-corrected chi connectivity index (χ0v) is 26.3. The number of carbonyl (C=O) groups excluding carboxylic acids is 1. The fourth-order valence-electron chi connectivity index (χ4n) is 4.97. The molecule has 0 saturated carbocycles. The van der Waals surface area contributed by atoms with Crippen molar-refractivity contribution in [3.8, 4) is 5.88 Å². The van der Waals surface area contributed by atoms with E-state index in [0.29, 0.717) is 59.9 Å². The van der Waals surface area contributed by atoms with Crippen LogP contribution in [0.2, 0.25) is 5.02 Å². The van der Waals surface area contributed by atoms with E-state index in [0.717, 1.165) is 9.69 Å². The standard InChI is InChI=1S/C25H24BrClF3N5O6S2/c1-34-24(21(26)22(32-34)25(28,29)30)40-10-19(36)35-7-5-13(6-8-35)23-31-17(11-42-23)16-9-18(41-33-16)20-14(12-43(37,38)39)3-2-4-15(20)27/h2-4,11,13,18H,5-10,12H2,1H3,(H,37,38,39). The molecule has 1 unspecified atom stereocenters. The molecule has 1 fully saturated rings. The SMILES string of the molecule is Cn1nc(C(F)(F)F)c(Br)c1OCC(=O)N1CCC(c2nc(C3=NOC(c4c(Cl)cccc4CS(=O)(=O)O)C3)cs2)CC1. The Morgan fingerprint density at radius 2 is 2.02 bits per heavy atom. The summed E-state index contributed by atoms with van der Waals surface area (Å²) in [6, 6.07) is 4.76. The Hall–Kier alpha value is -2.73. The molecule has 1 amide bonds. The number of rotatable bonds is 8. The maximum atomic E-state index is 13.1. The number of benzene rings is 1. The molecule has 1 saturated heterocycles. The van der Waals surface area contributed by atoms with Crippen LogP contribution in [0.4, 0.5) is 13.2 Å². The lowest BCUT2D eigenvalue weighted by molar-refractivity contribution is -0.142. The first-order chi connectivity index (χ1) is 20.2. The quantitative estimate of drug-likeness (QED) is 0.307. The molecule has 1 atom stereocenters. The van der Waals surface area contributed by atoms with Crippen LogP contribution in [0.15, 0.2) is 33.2 Å². The van der Waals surface area contributed by atoms with Gasteiger partial charge >= 0.3 is 6.18 Å². The number of halogens is 5. The number of amides is 1. The van der Waals surface area contributed by atoms with Crippen molar-refractivity contribution in [2.24, 2.45) is 12.2 Å². The minimum absolute atomic E-state index is 0.0907. The molecule has 0 spiro atoms. The van der Waals surface area contributed by atoms with Gasteiger partial charge in [-0.05, 0) is 40.4 Å². The number of alkyl halides is 3. The number of hydrogen-bond acceptors (Lipinski definition) is 9. The van der Waals surface area contributed by atoms with E-state index in [2.05, 4.69) is 26.2 Å². The summed E-state index contributed by atoms with van der Waals surface area (Å²) in [4.78, 5) is 24.7. The average molecular weight is 727 g/mol. The molecule has 5 rings (SSSR count). The maximum Gasteiger partial charge on any atom is 0.436 e. The lowest BCUT2D eigenvalue weighted by Crippen LogP contribution is -2.40. The van der Waals surface area contributed by atoms with Crippen molar-refractivity contribution in [1.29, 1.82) is 0 Å². The van der Waals surface area contributed by atoms with Crippen molar-refractivity contribution < 1.29 is 40.5 Å². The van der Waals surface area contributed by atoms with Crippen molar-refractivity contribution in [2.75, 3.05) is 19.7 Å². The van der Waals surface area contributed by atoms with Crippen LogP contribution >= 0.6 is 38.9 Å². The van der Waals surface area contributed by atoms with Gasteiger partial charge in [0.05, 0.1) is 10.7 Å². The van der Waals surface area contributed by atoms with Gasteiger partial charge in [0.25, 0.3) is 16.0 Å². The molecule has 0 bridgehead atoms. The van der Waals surface area contributed by atoms with E-state index in [1.165, 1.54) is 18.4 Å². The Morgan fingerprint density at radius 3 is 2.67 bits per heavy atom. The third-order valence-corrected chi connectivity index (χ3v) is 9.75. The Labute approximate surface area is 261 Å². The van der Waals surface area contributed by atoms with E-state index in [1.807, 2.05) is 5.38 Å². The lowest BCUT2D eigenvalue weighted by atomic mass is 9.97. The minimum atomic E-state index is -4.66. The molecular weight excluding hydrogens is 703 g/mol. The number of aryl methyl sites for hydroxylation is 1. The number of ether oxygens (including phenoxy) is 1. The Morgan fingerprint density at radius 1 is 1.30 bits per heavy atom. The van der Waals surface area contributed by atoms with Crippen LogP contribution in [-0.2, 0) is 38.7 Å². The highest BCUT2D eigenvalue weighted by molar-refractivity contribution is 9.10. The topological polar surface area (TPSA) is 136 Å². The summed E-state index contributed by atoms with van der Waals surface area (Å²) >= 11 is 10.7. The molecule has 0 aliphatic carbocycles. The zero-order valence-electron chi connectivity index (χ0n) is 22.3. The summed E-state index contributed by atoms with van der Waals surface area (Å²) in [6.07, 6.45) is -3.74. The van der Waals surface area contributed by atoms with Gasteiger partial charge < -0.3 is 14.5 Å². The summed E-state index contributed by atoms with van der Waals surface area (Å²) in [5.41, 5.74) is 0.829. The van der Waals surface area contributed by atoms with Crippen LogP contribution in [0.1, 0.15) is 58.8 Å². The first kappa shape index (κ1) is 31.7. The van der Waals surface area contributed by atoms with Crippen LogP contribution in [0, 0.1) is 0 Å². The smallest absolute Gasteiger partial charge is 0.436 e. The molecule has 18 heteroatoms. The third kappa shape index (κ3) is 7.16. The third-order valence-electron chi connectivity index (χ3n) is 7.03. The molecule has 1 aromatic carbocycles. The molecule has 3 aromatic rings. The Kier molecular flexibility index (Phi) is 9.09. The van der Waals surface area contributed by atoms with Crippen LogP contribution < -0.4 is 4.74 Å². The van der Waals surface area contributed by atoms with Crippen molar-refractivity contribution in [3.63, 3.8) is 0 Å². The second-order valence-corrected chi connectivity index (χ2v) is 13.5. The van der Waals surface area contributed by atoms with Crippen LogP contribution in [0.5, 0.6) is 5.88 Å². The van der Waals surface area contributed by atoms with Crippen molar-refractivity contribution in [3.05, 3.63) is 60.6 Å². The fourth-order valence-corrected chi connectivity index (χ4v) is 7.61. The summed E-state index contributed by atoms with van der Waals surface area (Å²) in [7, 11) is -2.99. The number of hydrogen-bond donors (Lipinski definition) is 1. The van der Waals surface area contributed by atoms with Gasteiger partial charge in [-0.15, -0.1) is 11.3 Å². The zero-order chi connectivity index (χ0) is 31.1. The van der Waals surface area contributed by atoms with Crippen molar-refractivity contribution in [2.45, 2.75) is 43.2 Å². The van der Waals surface area contributed by atoms with Gasteiger partial charge in [-0.25, -0.2) is 9.67 Å². The normalized spacial score (nSPS) is 18.1. The van der Waals surface area contributed by atoms with E-state index in [-0.39, 0.29) is 22.2 Å². The van der Waals surface area contributed by atoms with Gasteiger partial charge in [-0.3, -0.25) is 9.35 Å². The van der Waals surface area contributed by atoms with E-state index in [4.69, 9.17) is 26.2 Å². The van der Waals surface area contributed by atoms with Gasteiger partial charge in [-0.2, -0.15) is 26.7 Å². The second-order valence-electron chi connectivity index (χ2n) is 9.98. The fraction of sp³-hybridized carbons (Fsp3) is 0.440. The number of oxime groups is 1. The van der Waals surface area contributed by atoms with Crippen LogP contribution in [0.25, 0.3) is 0 Å². The van der Waals surface area contributed by atoms with Gasteiger partial charge in [0.15, 0.2) is 18.4 Å². The first-order valence-electron chi connectivity index (χ1n) is 12.8. The molecule has 11 nitrogen and oxygen atoms in total. The van der Waals surface area contributed by atoms with E-state index < -0.39 is 40.5 Å². The predicted molar refractivity (Wildman–Crippen MR) is 154 cm³/mol. The summed E-state index contributed by atoms with van der Waals surface area (Å²) < 4.78 is 77.5. The number of piperidine rings is 1. The summed E-state index contributed by atoms with van der Waals surface area (Å²) in [5, 5.41) is 10.6. The number of likely N-dealkylation sites (tertiary alicyclic amines) is 1. The first-order valence-corrected chi connectivity index (χ1v) is 16.5. The maximum absolute atomic E-state index is 13.1. The molecule has 0 radical (unpaired) electrons. The largest absolute Gasteiger partial charge is 0.467 e. The summed E-state index contributed by atoms with van der Waals surface area (Å²) in [6.45, 7) is 0.425. The highest BCUT2D eigenvalue weighted by atomic mass is 79.9. The number of carbonyl (C=O) groups is 1. The predicted octanol–water partition coefficient (Wildman–Crippen LogP) is 5.35. The molecule has 4 heterocycles. The highest BCUT2D eigenvalue weighted by Gasteiger charge is 2.39. The van der Waals surface area contributed by atoms with E-state index in [9.17, 15) is 30.9 Å². The highest BCUT2D eigenvalue weighted by Crippen LogP contribution is 2.40. The molecule has 2 aromatic heterocycles. The van der Waals surface area contributed by atoms with Gasteiger partial charge in [-0.1, -0.05) is 28.9 Å². The summed E-state index contributed by atoms with van der Waals surface area (Å²) in [5.74, 6) is -1.05. The molecule has 1 N–H and O–H groups in total. The molecule has 43 heavy (non-hydrogen) atoms. The molecule has 2 aliphatic heterocycles. The van der Waals surface area contributed by atoms with E-state index >= 15 is 0 Å². The van der Waals surface area contributed by atoms with E-state index in [1.54, 1.807) is 23.1 Å². The average Bonchev–Trinajstić information content (AvgIpc) is 3.66. The monoisotopic (exact) mass is 725 g/mol. The van der Waals surface area contributed by atoms with Crippen LogP contribution in [-0.4, -0.2) is 64.0 Å². The van der Waals surface area contributed by atoms with Crippen LogP contribution in [0.3, 0.4) is 0 Å². The van der Waals surface area contributed by atoms with Gasteiger partial charge in [0.2, 0.25) is 5.88 Å². The minimum Gasteiger partial charge on any atom is -0.467 e. The number of aromatic nitrogens is 3. The number of thiazole rings is 1. The van der Waals surface area contributed by atoms with Gasteiger partial charge in [0, 0.05) is 48.4 Å². The van der Waals surface area contributed by atoms with Crippen molar-refractivity contribution >= 4 is 60.6 Å². The molecular formula is C25H24BrClF3N5O6S2. The van der Waals surface area contributed by atoms with Crippen molar-refractivity contribution in [1.82, 2.24) is 19.7 Å². The lowest BCUT2D eigenvalue weighted by Gasteiger charge is -2.31.